The highest BCUT2D eigenvalue weighted by Gasteiger charge is 2.35. The van der Waals surface area contributed by atoms with Crippen molar-refractivity contribution in [3.05, 3.63) is 22.7 Å². The van der Waals surface area contributed by atoms with Crippen molar-refractivity contribution in [1.29, 1.82) is 0 Å². The molecule has 7 nitrogen and oxygen atoms in total. The Bertz CT molecular complexity index is 746. The van der Waals surface area contributed by atoms with Crippen LogP contribution in [-0.4, -0.2) is 57.9 Å². The van der Waals surface area contributed by atoms with Gasteiger partial charge in [-0.15, -0.1) is 0 Å². The molecule has 0 bridgehead atoms. The van der Waals surface area contributed by atoms with Crippen molar-refractivity contribution in [1.82, 2.24) is 19.9 Å². The summed E-state index contributed by atoms with van der Waals surface area (Å²) in [6.45, 7) is 2.51. The molecule has 4 rings (SSSR count). The van der Waals surface area contributed by atoms with Gasteiger partial charge in [0.25, 0.3) is 0 Å². The lowest BCUT2D eigenvalue weighted by Gasteiger charge is -2.35. The minimum absolute atomic E-state index is 0.0776. The van der Waals surface area contributed by atoms with E-state index in [4.69, 9.17) is 4.52 Å². The van der Waals surface area contributed by atoms with Crippen molar-refractivity contribution in [3.8, 4) is 11.4 Å². The molecule has 1 aliphatic carbocycles. The predicted molar refractivity (Wildman–Crippen MR) is 91.8 cm³/mol. The molecular formula is C17H20N4O3S. The quantitative estimate of drug-likeness (QED) is 0.812. The third-order valence-corrected chi connectivity index (χ3v) is 5.35. The first-order valence-corrected chi connectivity index (χ1v) is 9.57. The van der Waals surface area contributed by atoms with Crippen molar-refractivity contribution in [3.63, 3.8) is 0 Å². The maximum Gasteiger partial charge on any atom is 0.227 e. The van der Waals surface area contributed by atoms with Gasteiger partial charge in [-0.05, 0) is 24.3 Å². The maximum atomic E-state index is 12.4. The van der Waals surface area contributed by atoms with Crippen LogP contribution in [0.15, 0.2) is 21.3 Å². The number of rotatable bonds is 5. The van der Waals surface area contributed by atoms with Crippen LogP contribution in [0.5, 0.6) is 0 Å². The molecule has 8 heteroatoms. The fraction of sp³-hybridized carbons (Fsp3) is 0.529. The van der Waals surface area contributed by atoms with Gasteiger partial charge in [0.15, 0.2) is 0 Å². The topological polar surface area (TPSA) is 79.5 Å². The molecule has 0 N–H and O–H groups in total. The Morgan fingerprint density at radius 1 is 1.20 bits per heavy atom. The summed E-state index contributed by atoms with van der Waals surface area (Å²) < 4.78 is 5.23. The Morgan fingerprint density at radius 3 is 2.64 bits per heavy atom. The summed E-state index contributed by atoms with van der Waals surface area (Å²) in [5.74, 6) is 1.64. The van der Waals surface area contributed by atoms with E-state index in [2.05, 4.69) is 10.1 Å². The van der Waals surface area contributed by atoms with E-state index < -0.39 is 0 Å². The average Bonchev–Trinajstić information content (AvgIpc) is 3.15. The van der Waals surface area contributed by atoms with Crippen LogP contribution < -0.4 is 0 Å². The number of thiophene rings is 1. The number of aromatic nitrogens is 2. The number of piperazine rings is 1. The minimum Gasteiger partial charge on any atom is -0.339 e. The molecule has 2 fully saturated rings. The van der Waals surface area contributed by atoms with Crippen LogP contribution in [0.2, 0.25) is 0 Å². The Kier molecular flexibility index (Phi) is 4.52. The van der Waals surface area contributed by atoms with Gasteiger partial charge in [-0.1, -0.05) is 5.16 Å². The summed E-state index contributed by atoms with van der Waals surface area (Å²) >= 11 is 1.58. The standard InChI is InChI=1S/C17H20N4O3S/c22-15(20-6-8-21(9-7-20)17(23)12-1-2-12)4-3-14-18-16(19-24-14)13-5-10-25-11-13/h5,10-12H,1-4,6-9H2. The second-order valence-corrected chi connectivity index (χ2v) is 7.28. The zero-order valence-corrected chi connectivity index (χ0v) is 14.7. The van der Waals surface area contributed by atoms with Gasteiger partial charge in [0.1, 0.15) is 0 Å². The summed E-state index contributed by atoms with van der Waals surface area (Å²) in [6, 6.07) is 1.94. The monoisotopic (exact) mass is 360 g/mol. The van der Waals surface area contributed by atoms with Crippen molar-refractivity contribution < 1.29 is 14.1 Å². The van der Waals surface area contributed by atoms with Gasteiger partial charge in [0, 0.05) is 55.9 Å². The molecule has 3 heterocycles. The fourth-order valence-electron chi connectivity index (χ4n) is 3.00. The lowest BCUT2D eigenvalue weighted by molar-refractivity contribution is -0.140. The number of carbonyl (C=O) groups is 2. The lowest BCUT2D eigenvalue weighted by Crippen LogP contribution is -2.51. The van der Waals surface area contributed by atoms with E-state index in [1.54, 1.807) is 11.3 Å². The first-order chi connectivity index (χ1) is 12.2. The number of aryl methyl sites for hydroxylation is 1. The van der Waals surface area contributed by atoms with Crippen LogP contribution in [0.3, 0.4) is 0 Å². The molecule has 2 aromatic rings. The van der Waals surface area contributed by atoms with Crippen LogP contribution in [0.4, 0.5) is 0 Å². The van der Waals surface area contributed by atoms with Gasteiger partial charge in [-0.25, -0.2) is 0 Å². The van der Waals surface area contributed by atoms with Crippen molar-refractivity contribution >= 4 is 23.2 Å². The van der Waals surface area contributed by atoms with Gasteiger partial charge >= 0.3 is 0 Å². The molecule has 0 unspecified atom stereocenters. The van der Waals surface area contributed by atoms with E-state index in [1.165, 1.54) is 0 Å². The van der Waals surface area contributed by atoms with Gasteiger partial charge in [-0.3, -0.25) is 9.59 Å². The Labute approximate surface area is 149 Å². The van der Waals surface area contributed by atoms with Crippen molar-refractivity contribution in [2.24, 2.45) is 5.92 Å². The van der Waals surface area contributed by atoms with Gasteiger partial charge < -0.3 is 14.3 Å². The van der Waals surface area contributed by atoms with E-state index in [0.29, 0.717) is 50.7 Å². The molecule has 0 spiro atoms. The third-order valence-electron chi connectivity index (χ3n) is 4.67. The molecule has 1 saturated heterocycles. The molecule has 2 aromatic heterocycles. The molecule has 1 aliphatic heterocycles. The number of hydrogen-bond acceptors (Lipinski definition) is 6. The molecule has 0 radical (unpaired) electrons. The van der Waals surface area contributed by atoms with E-state index in [1.807, 2.05) is 26.6 Å². The summed E-state index contributed by atoms with van der Waals surface area (Å²) in [5.41, 5.74) is 0.933. The molecule has 1 saturated carbocycles. The SMILES string of the molecule is O=C(CCc1nc(-c2ccsc2)no1)N1CCN(C(=O)C2CC2)CC1. The van der Waals surface area contributed by atoms with Crippen LogP contribution in [0.25, 0.3) is 11.4 Å². The number of nitrogens with zero attached hydrogens (tertiary/aromatic N) is 4. The number of amides is 2. The summed E-state index contributed by atoms with van der Waals surface area (Å²) in [7, 11) is 0. The zero-order valence-electron chi connectivity index (χ0n) is 13.9. The summed E-state index contributed by atoms with van der Waals surface area (Å²) in [4.78, 5) is 32.5. The second kappa shape index (κ2) is 6.95. The first kappa shape index (κ1) is 16.3. The minimum atomic E-state index is 0.0776. The molecule has 2 amide bonds. The lowest BCUT2D eigenvalue weighted by atomic mass is 10.2. The molecule has 0 aromatic carbocycles. The zero-order chi connectivity index (χ0) is 17.2. The molecule has 2 aliphatic rings. The van der Waals surface area contributed by atoms with Crippen LogP contribution in [-0.2, 0) is 16.0 Å². The van der Waals surface area contributed by atoms with Gasteiger partial charge in [0.2, 0.25) is 23.5 Å². The van der Waals surface area contributed by atoms with Crippen LogP contribution in [0.1, 0.15) is 25.2 Å². The molecule has 0 atom stereocenters. The average molecular weight is 360 g/mol. The number of hydrogen-bond donors (Lipinski definition) is 0. The highest BCUT2D eigenvalue weighted by atomic mass is 32.1. The maximum absolute atomic E-state index is 12.4. The summed E-state index contributed by atoms with van der Waals surface area (Å²) in [6.07, 6.45) is 2.84. The smallest absolute Gasteiger partial charge is 0.227 e. The molecule has 132 valence electrons. The van der Waals surface area contributed by atoms with Gasteiger partial charge in [0.05, 0.1) is 0 Å². The molecule has 25 heavy (non-hydrogen) atoms. The highest BCUT2D eigenvalue weighted by Crippen LogP contribution is 2.31. The van der Waals surface area contributed by atoms with E-state index in [9.17, 15) is 9.59 Å². The Morgan fingerprint density at radius 2 is 1.96 bits per heavy atom. The largest absolute Gasteiger partial charge is 0.339 e. The van der Waals surface area contributed by atoms with E-state index >= 15 is 0 Å². The molecular weight excluding hydrogens is 340 g/mol. The normalized spacial score (nSPS) is 17.8. The van der Waals surface area contributed by atoms with Gasteiger partial charge in [-0.2, -0.15) is 16.3 Å². The van der Waals surface area contributed by atoms with Crippen molar-refractivity contribution in [2.45, 2.75) is 25.7 Å². The first-order valence-electron chi connectivity index (χ1n) is 8.62. The fourth-order valence-corrected chi connectivity index (χ4v) is 3.64. The van der Waals surface area contributed by atoms with Crippen LogP contribution in [0, 0.1) is 5.92 Å². The number of carbonyl (C=O) groups excluding carboxylic acids is 2. The predicted octanol–water partition coefficient (Wildman–Crippen LogP) is 1.81. The van der Waals surface area contributed by atoms with Crippen molar-refractivity contribution in [2.75, 3.05) is 26.2 Å². The van der Waals surface area contributed by atoms with E-state index in [-0.39, 0.29) is 17.7 Å². The Hall–Kier alpha value is -2.22. The highest BCUT2D eigenvalue weighted by molar-refractivity contribution is 7.08. The second-order valence-electron chi connectivity index (χ2n) is 6.50. The third kappa shape index (κ3) is 3.73. The Balaban J connectivity index is 1.25. The van der Waals surface area contributed by atoms with Crippen LogP contribution >= 0.6 is 11.3 Å². The summed E-state index contributed by atoms with van der Waals surface area (Å²) in [5, 5.41) is 7.87. The van der Waals surface area contributed by atoms with E-state index in [0.717, 1.165) is 18.4 Å².